The van der Waals surface area contributed by atoms with E-state index in [9.17, 15) is 4.79 Å². The van der Waals surface area contributed by atoms with Gasteiger partial charge in [0.25, 0.3) is 0 Å². The normalized spacial score (nSPS) is 17.0. The molecule has 0 saturated carbocycles. The van der Waals surface area contributed by atoms with Crippen LogP contribution in [0.1, 0.15) is 12.0 Å². The number of carbonyl (C=O) groups is 1. The van der Waals surface area contributed by atoms with E-state index < -0.39 is 0 Å². The van der Waals surface area contributed by atoms with Crippen LogP contribution in [0.4, 0.5) is 5.69 Å². The van der Waals surface area contributed by atoms with E-state index >= 15 is 0 Å². The smallest absolute Gasteiger partial charge is 0.227 e. The zero-order valence-electron chi connectivity index (χ0n) is 14.1. The number of anilines is 1. The van der Waals surface area contributed by atoms with Gasteiger partial charge in [0.2, 0.25) is 5.91 Å². The van der Waals surface area contributed by atoms with Crippen LogP contribution in [0.15, 0.2) is 66.9 Å². The van der Waals surface area contributed by atoms with Gasteiger partial charge in [0.15, 0.2) is 0 Å². The van der Waals surface area contributed by atoms with Crippen molar-refractivity contribution in [1.82, 2.24) is 9.88 Å². The van der Waals surface area contributed by atoms with Gasteiger partial charge in [0.05, 0.1) is 11.9 Å². The summed E-state index contributed by atoms with van der Waals surface area (Å²) in [5.41, 5.74) is 3.04. The Labute approximate surface area is 147 Å². The minimum atomic E-state index is 0.176. The maximum Gasteiger partial charge on any atom is 0.227 e. The fraction of sp³-hybridized carbons (Fsp3) is 0.238. The van der Waals surface area contributed by atoms with Gasteiger partial charge in [0, 0.05) is 36.4 Å². The van der Waals surface area contributed by atoms with Crippen molar-refractivity contribution in [3.8, 4) is 0 Å². The molecule has 4 heteroatoms. The first-order valence-corrected chi connectivity index (χ1v) is 8.71. The Morgan fingerprint density at radius 3 is 2.80 bits per heavy atom. The molecule has 1 atom stereocenters. The quantitative estimate of drug-likeness (QED) is 0.796. The molecule has 1 amide bonds. The van der Waals surface area contributed by atoms with E-state index in [4.69, 9.17) is 0 Å². The molecule has 1 aliphatic rings. The van der Waals surface area contributed by atoms with E-state index in [1.165, 1.54) is 0 Å². The molecule has 0 spiro atoms. The molecule has 1 fully saturated rings. The highest BCUT2D eigenvalue weighted by Gasteiger charge is 2.26. The van der Waals surface area contributed by atoms with Gasteiger partial charge < -0.3 is 10.2 Å². The number of rotatable bonds is 4. The van der Waals surface area contributed by atoms with Crippen LogP contribution in [0, 0.1) is 0 Å². The molecule has 1 saturated heterocycles. The molecule has 0 unspecified atom stereocenters. The molecule has 0 radical (unpaired) electrons. The summed E-state index contributed by atoms with van der Waals surface area (Å²) in [6, 6.07) is 20.5. The van der Waals surface area contributed by atoms with Crippen LogP contribution in [0.25, 0.3) is 10.9 Å². The highest BCUT2D eigenvalue weighted by Crippen LogP contribution is 2.20. The first kappa shape index (κ1) is 15.6. The van der Waals surface area contributed by atoms with Crippen molar-refractivity contribution < 1.29 is 4.79 Å². The molecule has 1 aromatic heterocycles. The van der Waals surface area contributed by atoms with Crippen molar-refractivity contribution in [1.29, 1.82) is 0 Å². The van der Waals surface area contributed by atoms with Gasteiger partial charge in [0.1, 0.15) is 0 Å². The van der Waals surface area contributed by atoms with Crippen LogP contribution in [0.3, 0.4) is 0 Å². The van der Waals surface area contributed by atoms with Crippen LogP contribution < -0.4 is 5.32 Å². The summed E-state index contributed by atoms with van der Waals surface area (Å²) in [6.45, 7) is 1.56. The lowest BCUT2D eigenvalue weighted by Gasteiger charge is -2.18. The Morgan fingerprint density at radius 1 is 1.08 bits per heavy atom. The molecule has 25 heavy (non-hydrogen) atoms. The number of hydrogen-bond donors (Lipinski definition) is 1. The SMILES string of the molecule is O=C(Cc1cccc2cccnc12)N1CC[C@H](Nc2ccccc2)C1. The molecular weight excluding hydrogens is 310 g/mol. The van der Waals surface area contributed by atoms with Gasteiger partial charge in [-0.05, 0) is 30.2 Å². The second-order valence-electron chi connectivity index (χ2n) is 6.50. The van der Waals surface area contributed by atoms with E-state index in [1.807, 2.05) is 53.4 Å². The van der Waals surface area contributed by atoms with E-state index in [0.717, 1.165) is 41.7 Å². The fourth-order valence-corrected chi connectivity index (χ4v) is 3.46. The van der Waals surface area contributed by atoms with E-state index in [-0.39, 0.29) is 5.91 Å². The Kier molecular flexibility index (Phi) is 4.34. The monoisotopic (exact) mass is 331 g/mol. The molecule has 1 N–H and O–H groups in total. The van der Waals surface area contributed by atoms with E-state index in [0.29, 0.717) is 12.5 Å². The summed E-state index contributed by atoms with van der Waals surface area (Å²) in [7, 11) is 0. The minimum absolute atomic E-state index is 0.176. The summed E-state index contributed by atoms with van der Waals surface area (Å²) < 4.78 is 0. The van der Waals surface area contributed by atoms with Crippen molar-refractivity contribution in [3.05, 3.63) is 72.4 Å². The number of pyridine rings is 1. The Hall–Kier alpha value is -2.88. The van der Waals surface area contributed by atoms with Crippen LogP contribution in [-0.4, -0.2) is 34.9 Å². The second kappa shape index (κ2) is 6.93. The summed E-state index contributed by atoms with van der Waals surface area (Å²) in [5.74, 6) is 0.176. The van der Waals surface area contributed by atoms with Gasteiger partial charge in [-0.2, -0.15) is 0 Å². The number of hydrogen-bond acceptors (Lipinski definition) is 3. The largest absolute Gasteiger partial charge is 0.380 e. The number of carbonyl (C=O) groups excluding carboxylic acids is 1. The van der Waals surface area contributed by atoms with Crippen molar-refractivity contribution in [2.45, 2.75) is 18.9 Å². The van der Waals surface area contributed by atoms with E-state index in [2.05, 4.69) is 22.4 Å². The summed E-state index contributed by atoms with van der Waals surface area (Å²) in [5, 5.41) is 4.59. The number of benzene rings is 2. The van der Waals surface area contributed by atoms with Crippen molar-refractivity contribution in [2.75, 3.05) is 18.4 Å². The minimum Gasteiger partial charge on any atom is -0.380 e. The predicted molar refractivity (Wildman–Crippen MR) is 100 cm³/mol. The zero-order valence-corrected chi connectivity index (χ0v) is 14.1. The first-order valence-electron chi connectivity index (χ1n) is 8.71. The lowest BCUT2D eigenvalue weighted by molar-refractivity contribution is -0.129. The first-order chi connectivity index (χ1) is 12.3. The van der Waals surface area contributed by atoms with Crippen molar-refractivity contribution >= 4 is 22.5 Å². The molecule has 4 nitrogen and oxygen atoms in total. The van der Waals surface area contributed by atoms with Crippen molar-refractivity contribution in [3.63, 3.8) is 0 Å². The molecule has 3 aromatic rings. The standard InChI is InChI=1S/C21H21N3O/c25-20(14-17-7-4-6-16-8-5-12-22-21(16)17)24-13-11-19(15-24)23-18-9-2-1-3-10-18/h1-10,12,19,23H,11,13-15H2/t19-/m0/s1. The van der Waals surface area contributed by atoms with Crippen LogP contribution >= 0.6 is 0 Å². The lowest BCUT2D eigenvalue weighted by Crippen LogP contribution is -2.32. The molecule has 2 heterocycles. The number of aromatic nitrogens is 1. The summed E-state index contributed by atoms with van der Waals surface area (Å²) in [6.07, 6.45) is 3.17. The predicted octanol–water partition coefficient (Wildman–Crippen LogP) is 3.49. The fourth-order valence-electron chi connectivity index (χ4n) is 3.46. The van der Waals surface area contributed by atoms with Gasteiger partial charge in [-0.25, -0.2) is 0 Å². The third-order valence-electron chi connectivity index (χ3n) is 4.74. The highest BCUT2D eigenvalue weighted by atomic mass is 16.2. The number of nitrogens with one attached hydrogen (secondary N) is 1. The average Bonchev–Trinajstić information content (AvgIpc) is 3.11. The van der Waals surface area contributed by atoms with E-state index in [1.54, 1.807) is 6.20 Å². The van der Waals surface area contributed by atoms with Crippen LogP contribution in [0.5, 0.6) is 0 Å². The number of amides is 1. The van der Waals surface area contributed by atoms with Crippen LogP contribution in [-0.2, 0) is 11.2 Å². The average molecular weight is 331 g/mol. The maximum absolute atomic E-state index is 12.7. The molecule has 0 aliphatic carbocycles. The Morgan fingerprint density at radius 2 is 1.92 bits per heavy atom. The summed E-state index contributed by atoms with van der Waals surface area (Å²) in [4.78, 5) is 19.1. The topological polar surface area (TPSA) is 45.2 Å². The third-order valence-corrected chi connectivity index (χ3v) is 4.74. The molecule has 4 rings (SSSR count). The zero-order chi connectivity index (χ0) is 17.1. The second-order valence-corrected chi connectivity index (χ2v) is 6.50. The molecule has 1 aliphatic heterocycles. The Balaban J connectivity index is 1.42. The number of fused-ring (bicyclic) bond motifs is 1. The Bertz CT molecular complexity index is 873. The van der Waals surface area contributed by atoms with Gasteiger partial charge in [-0.3, -0.25) is 9.78 Å². The number of likely N-dealkylation sites (tertiary alicyclic amines) is 1. The lowest BCUT2D eigenvalue weighted by atomic mass is 10.1. The number of para-hydroxylation sites is 2. The van der Waals surface area contributed by atoms with Crippen molar-refractivity contribution in [2.24, 2.45) is 0 Å². The van der Waals surface area contributed by atoms with Gasteiger partial charge >= 0.3 is 0 Å². The highest BCUT2D eigenvalue weighted by molar-refractivity contribution is 5.87. The maximum atomic E-state index is 12.7. The van der Waals surface area contributed by atoms with Gasteiger partial charge in [-0.1, -0.05) is 42.5 Å². The third kappa shape index (κ3) is 3.48. The molecule has 2 aromatic carbocycles. The summed E-state index contributed by atoms with van der Waals surface area (Å²) >= 11 is 0. The molecule has 0 bridgehead atoms. The van der Waals surface area contributed by atoms with Gasteiger partial charge in [-0.15, -0.1) is 0 Å². The van der Waals surface area contributed by atoms with Crippen LogP contribution in [0.2, 0.25) is 0 Å². The molecule has 126 valence electrons. The molecular formula is C21H21N3O. The number of nitrogens with zero attached hydrogens (tertiary/aromatic N) is 2.